The highest BCUT2D eigenvalue weighted by atomic mass is 32.2. The Hall–Kier alpha value is -2.82. The summed E-state index contributed by atoms with van der Waals surface area (Å²) in [4.78, 5) is 11.5. The number of aromatic amines is 1. The van der Waals surface area contributed by atoms with Crippen LogP contribution in [0.2, 0.25) is 0 Å². The van der Waals surface area contributed by atoms with Gasteiger partial charge in [0.25, 0.3) is 0 Å². The molecule has 1 fully saturated rings. The number of aromatic nitrogens is 4. The van der Waals surface area contributed by atoms with E-state index in [2.05, 4.69) is 37.5 Å². The van der Waals surface area contributed by atoms with Crippen molar-refractivity contribution in [2.45, 2.75) is 6.92 Å². The molecule has 1 unspecified atom stereocenters. The smallest absolute Gasteiger partial charge is 0.189 e. The average Bonchev–Trinajstić information content (AvgIpc) is 3.38. The lowest BCUT2D eigenvalue weighted by molar-refractivity contribution is 0.412. The number of hydrogen-bond donors (Lipinski definition) is 2. The molecule has 4 aromatic rings. The van der Waals surface area contributed by atoms with Crippen LogP contribution < -0.4 is 10.2 Å². The van der Waals surface area contributed by atoms with E-state index in [1.54, 1.807) is 17.6 Å². The fourth-order valence-corrected chi connectivity index (χ4v) is 5.37. The van der Waals surface area contributed by atoms with Crippen molar-refractivity contribution < 1.29 is 4.21 Å². The maximum absolute atomic E-state index is 11.7. The Bertz CT molecular complexity index is 1240. The summed E-state index contributed by atoms with van der Waals surface area (Å²) in [5.41, 5.74) is 5.34. The van der Waals surface area contributed by atoms with E-state index >= 15 is 0 Å². The molecule has 0 aliphatic carbocycles. The zero-order chi connectivity index (χ0) is 21.4. The van der Waals surface area contributed by atoms with Crippen molar-refractivity contribution in [3.8, 4) is 11.1 Å². The first kappa shape index (κ1) is 20.1. The second kappa shape index (κ2) is 8.37. The van der Waals surface area contributed by atoms with Crippen LogP contribution in [-0.4, -0.2) is 61.1 Å². The Kier molecular flexibility index (Phi) is 5.43. The van der Waals surface area contributed by atoms with Crippen LogP contribution in [0.1, 0.15) is 5.69 Å². The molecule has 8 nitrogen and oxygen atoms in total. The van der Waals surface area contributed by atoms with E-state index in [-0.39, 0.29) is 0 Å². The molecule has 1 aliphatic heterocycles. The Morgan fingerprint density at radius 1 is 1.16 bits per heavy atom. The molecular formula is C21H23N7OS2. The van der Waals surface area contributed by atoms with Crippen LogP contribution in [0.3, 0.4) is 0 Å². The van der Waals surface area contributed by atoms with Crippen molar-refractivity contribution in [1.29, 1.82) is 0 Å². The average molecular weight is 454 g/mol. The van der Waals surface area contributed by atoms with Crippen LogP contribution in [0, 0.1) is 6.92 Å². The molecule has 31 heavy (non-hydrogen) atoms. The first-order valence-corrected chi connectivity index (χ1v) is 12.4. The van der Waals surface area contributed by atoms with E-state index in [1.807, 2.05) is 41.8 Å². The van der Waals surface area contributed by atoms with Crippen molar-refractivity contribution in [2.75, 3.05) is 42.7 Å². The number of rotatable bonds is 5. The Morgan fingerprint density at radius 2 is 2.00 bits per heavy atom. The molecule has 1 saturated heterocycles. The van der Waals surface area contributed by atoms with E-state index in [4.69, 9.17) is 4.98 Å². The number of nitrogens with zero attached hydrogens (tertiary/aromatic N) is 5. The monoisotopic (exact) mass is 453 g/mol. The van der Waals surface area contributed by atoms with Crippen LogP contribution >= 0.6 is 11.3 Å². The first-order valence-electron chi connectivity index (χ1n) is 10.0. The van der Waals surface area contributed by atoms with E-state index in [9.17, 15) is 4.21 Å². The third-order valence-electron chi connectivity index (χ3n) is 5.48. The minimum absolute atomic E-state index is 0.768. The number of pyridine rings is 1. The molecule has 1 atom stereocenters. The standard InChI is InChI=1S/C21H23N7OS2/c1-14-17(13-23-26-14)15-3-4-18-19(11-15)30-21(24-18)25-20-12-16(5-6-22-20)27-7-9-28(10-8-27)31(2)29/h3-6,11-13H,7-10H2,1-2H3,(H,23,26)(H,22,24,25). The Morgan fingerprint density at radius 3 is 2.74 bits per heavy atom. The van der Waals surface area contributed by atoms with Gasteiger partial charge in [0.15, 0.2) is 5.13 Å². The normalized spacial score (nSPS) is 16.0. The predicted molar refractivity (Wildman–Crippen MR) is 127 cm³/mol. The number of hydrogen-bond acceptors (Lipinski definition) is 7. The van der Waals surface area contributed by atoms with Gasteiger partial charge in [-0.3, -0.25) is 5.10 Å². The molecule has 10 heteroatoms. The zero-order valence-corrected chi connectivity index (χ0v) is 19.0. The van der Waals surface area contributed by atoms with Gasteiger partial charge < -0.3 is 10.2 Å². The molecule has 1 aromatic carbocycles. The number of aryl methyl sites for hydroxylation is 1. The van der Waals surface area contributed by atoms with Gasteiger partial charge in [-0.1, -0.05) is 17.4 Å². The van der Waals surface area contributed by atoms with Gasteiger partial charge in [-0.15, -0.1) is 0 Å². The topological polar surface area (TPSA) is 90.0 Å². The summed E-state index contributed by atoms with van der Waals surface area (Å²) in [6, 6.07) is 10.3. The summed E-state index contributed by atoms with van der Waals surface area (Å²) >= 11 is 1.61. The summed E-state index contributed by atoms with van der Waals surface area (Å²) in [6.07, 6.45) is 5.40. The van der Waals surface area contributed by atoms with E-state index in [1.165, 1.54) is 0 Å². The minimum atomic E-state index is -0.905. The molecule has 160 valence electrons. The van der Waals surface area contributed by atoms with Crippen molar-refractivity contribution in [2.24, 2.45) is 0 Å². The number of nitrogens with one attached hydrogen (secondary N) is 2. The SMILES string of the molecule is Cc1[nH]ncc1-c1ccc2nc(Nc3cc(N4CCN(S(C)=O)CC4)ccn3)sc2c1. The van der Waals surface area contributed by atoms with Crippen LogP contribution in [0.5, 0.6) is 0 Å². The van der Waals surface area contributed by atoms with Crippen molar-refractivity contribution in [3.63, 3.8) is 0 Å². The highest BCUT2D eigenvalue weighted by Gasteiger charge is 2.19. The van der Waals surface area contributed by atoms with Crippen LogP contribution in [-0.2, 0) is 11.0 Å². The molecule has 4 heterocycles. The second-order valence-corrected chi connectivity index (χ2v) is 9.87. The van der Waals surface area contributed by atoms with E-state index in [0.717, 1.165) is 69.9 Å². The fourth-order valence-electron chi connectivity index (χ4n) is 3.78. The molecule has 1 aliphatic rings. The third-order valence-corrected chi connectivity index (χ3v) is 7.50. The molecule has 0 radical (unpaired) electrons. The Labute approximate surface area is 186 Å². The van der Waals surface area contributed by atoms with Gasteiger partial charge in [-0.25, -0.2) is 18.5 Å². The van der Waals surface area contributed by atoms with E-state index in [0.29, 0.717) is 0 Å². The van der Waals surface area contributed by atoms with Gasteiger partial charge >= 0.3 is 0 Å². The fraction of sp³-hybridized carbons (Fsp3) is 0.286. The molecule has 2 N–H and O–H groups in total. The number of anilines is 3. The van der Waals surface area contributed by atoms with Gasteiger partial charge in [0.05, 0.1) is 27.4 Å². The first-order chi connectivity index (χ1) is 15.1. The van der Waals surface area contributed by atoms with Crippen molar-refractivity contribution >= 4 is 49.2 Å². The minimum Gasteiger partial charge on any atom is -0.369 e. The summed E-state index contributed by atoms with van der Waals surface area (Å²) in [5, 5.41) is 11.3. The summed E-state index contributed by atoms with van der Waals surface area (Å²) < 4.78 is 14.8. The molecule has 0 spiro atoms. The Balaban J connectivity index is 1.34. The van der Waals surface area contributed by atoms with Crippen LogP contribution in [0.25, 0.3) is 21.3 Å². The highest BCUT2D eigenvalue weighted by Crippen LogP contribution is 2.32. The van der Waals surface area contributed by atoms with Gasteiger partial charge in [0.1, 0.15) is 5.82 Å². The largest absolute Gasteiger partial charge is 0.369 e. The molecular weight excluding hydrogens is 430 g/mol. The number of benzene rings is 1. The lowest BCUT2D eigenvalue weighted by Gasteiger charge is -2.34. The summed E-state index contributed by atoms with van der Waals surface area (Å²) in [5.74, 6) is 0.768. The molecule has 0 bridgehead atoms. The lowest BCUT2D eigenvalue weighted by Crippen LogP contribution is -2.46. The van der Waals surface area contributed by atoms with Gasteiger partial charge in [0, 0.05) is 61.6 Å². The second-order valence-electron chi connectivity index (χ2n) is 7.47. The van der Waals surface area contributed by atoms with E-state index < -0.39 is 11.0 Å². The maximum Gasteiger partial charge on any atom is 0.189 e. The van der Waals surface area contributed by atoms with Crippen LogP contribution in [0.4, 0.5) is 16.6 Å². The number of fused-ring (bicyclic) bond motifs is 1. The van der Waals surface area contributed by atoms with Crippen LogP contribution in [0.15, 0.2) is 42.7 Å². The lowest BCUT2D eigenvalue weighted by atomic mass is 10.1. The van der Waals surface area contributed by atoms with Gasteiger partial charge in [0.2, 0.25) is 0 Å². The van der Waals surface area contributed by atoms with Gasteiger partial charge in [-0.05, 0) is 30.7 Å². The van der Waals surface area contributed by atoms with Crippen molar-refractivity contribution in [3.05, 3.63) is 48.4 Å². The quantitative estimate of drug-likeness (QED) is 0.480. The molecule has 0 amide bonds. The van der Waals surface area contributed by atoms with Crippen molar-refractivity contribution in [1.82, 2.24) is 24.5 Å². The summed E-state index contributed by atoms with van der Waals surface area (Å²) in [6.45, 7) is 5.31. The van der Waals surface area contributed by atoms with Gasteiger partial charge in [-0.2, -0.15) is 5.10 Å². The maximum atomic E-state index is 11.7. The zero-order valence-electron chi connectivity index (χ0n) is 17.3. The number of H-pyrrole nitrogens is 1. The number of piperazine rings is 1. The molecule has 5 rings (SSSR count). The highest BCUT2D eigenvalue weighted by molar-refractivity contribution is 7.81. The number of thiazole rings is 1. The third kappa shape index (κ3) is 4.18. The molecule has 3 aromatic heterocycles. The predicted octanol–water partition coefficient (Wildman–Crippen LogP) is 3.55. The molecule has 0 saturated carbocycles. The summed E-state index contributed by atoms with van der Waals surface area (Å²) in [7, 11) is -0.905.